The first-order valence-electron chi connectivity index (χ1n) is 13.3. The Balaban J connectivity index is 1.34. The third-order valence-electron chi connectivity index (χ3n) is 7.16. The fourth-order valence-corrected chi connectivity index (χ4v) is 5.29. The summed E-state index contributed by atoms with van der Waals surface area (Å²) in [6.45, 7) is 2.58. The van der Waals surface area contributed by atoms with Crippen LogP contribution in [0, 0.1) is 12.8 Å². The van der Waals surface area contributed by atoms with Crippen molar-refractivity contribution in [1.82, 2.24) is 14.6 Å². The SMILES string of the molecule is Cc1cc(NC(=O)C2CCCCC2)[n+](-c2nc3ccccc3n2Cc2cccc(Oc3ccccc3)c2)[nH]1. The number of rotatable bonds is 7. The number of imidazole rings is 1. The molecule has 1 saturated carbocycles. The maximum absolute atomic E-state index is 13.1. The zero-order valence-corrected chi connectivity index (χ0v) is 21.6. The van der Waals surface area contributed by atoms with Gasteiger partial charge in [-0.05, 0) is 61.7 Å². The summed E-state index contributed by atoms with van der Waals surface area (Å²) in [5, 5.41) is 6.59. The molecule has 1 aliphatic rings. The highest BCUT2D eigenvalue weighted by atomic mass is 16.5. The van der Waals surface area contributed by atoms with Crippen LogP contribution < -0.4 is 14.7 Å². The highest BCUT2D eigenvalue weighted by Gasteiger charge is 2.28. The van der Waals surface area contributed by atoms with Gasteiger partial charge in [-0.25, -0.2) is 4.57 Å². The van der Waals surface area contributed by atoms with E-state index in [0.29, 0.717) is 18.3 Å². The number of benzene rings is 3. The van der Waals surface area contributed by atoms with Crippen molar-refractivity contribution in [3.8, 4) is 17.4 Å². The topological polar surface area (TPSA) is 75.8 Å². The fourth-order valence-electron chi connectivity index (χ4n) is 5.29. The molecule has 1 aliphatic carbocycles. The maximum atomic E-state index is 13.1. The van der Waals surface area contributed by atoms with Crippen LogP contribution in [-0.4, -0.2) is 20.6 Å². The van der Waals surface area contributed by atoms with Crippen LogP contribution >= 0.6 is 0 Å². The lowest BCUT2D eigenvalue weighted by Crippen LogP contribution is -2.41. The molecule has 1 amide bonds. The van der Waals surface area contributed by atoms with E-state index in [1.54, 1.807) is 0 Å². The van der Waals surface area contributed by atoms with E-state index >= 15 is 0 Å². The zero-order valence-electron chi connectivity index (χ0n) is 21.6. The van der Waals surface area contributed by atoms with Crippen LogP contribution in [0.2, 0.25) is 0 Å². The first kappa shape index (κ1) is 24.0. The average Bonchev–Trinajstić information content (AvgIpc) is 3.49. The summed E-state index contributed by atoms with van der Waals surface area (Å²) in [5.41, 5.74) is 3.94. The van der Waals surface area contributed by atoms with E-state index in [2.05, 4.69) is 33.2 Å². The number of aromatic nitrogens is 4. The number of H-pyrrole nitrogens is 1. The molecule has 0 atom stereocenters. The monoisotopic (exact) mass is 506 g/mol. The van der Waals surface area contributed by atoms with E-state index in [-0.39, 0.29) is 11.8 Å². The second-order valence-electron chi connectivity index (χ2n) is 10.0. The molecule has 0 saturated heterocycles. The lowest BCUT2D eigenvalue weighted by atomic mass is 9.89. The molecule has 0 spiro atoms. The number of carbonyl (C=O) groups excluding carboxylic acids is 1. The molecule has 2 N–H and O–H groups in total. The lowest BCUT2D eigenvalue weighted by Gasteiger charge is -2.19. The van der Waals surface area contributed by atoms with Gasteiger partial charge in [0.15, 0.2) is 5.52 Å². The van der Waals surface area contributed by atoms with Crippen molar-refractivity contribution in [3.05, 3.63) is 96.2 Å². The number of aryl methyl sites for hydroxylation is 1. The Morgan fingerprint density at radius 1 is 0.974 bits per heavy atom. The second kappa shape index (κ2) is 10.5. The Morgan fingerprint density at radius 2 is 1.74 bits per heavy atom. The molecule has 6 rings (SSSR count). The molecule has 1 fully saturated rings. The number of carbonyl (C=O) groups is 1. The summed E-state index contributed by atoms with van der Waals surface area (Å²) in [5.74, 6) is 3.16. The van der Waals surface area contributed by atoms with Gasteiger partial charge in [-0.3, -0.25) is 15.2 Å². The number of ether oxygens (including phenoxy) is 1. The van der Waals surface area contributed by atoms with Gasteiger partial charge in [0.05, 0.1) is 6.54 Å². The molecule has 3 aromatic carbocycles. The van der Waals surface area contributed by atoms with Crippen LogP contribution in [0.3, 0.4) is 0 Å². The van der Waals surface area contributed by atoms with Gasteiger partial charge in [-0.15, -0.1) is 9.67 Å². The van der Waals surface area contributed by atoms with Crippen LogP contribution in [0.15, 0.2) is 84.9 Å². The number of anilines is 1. The van der Waals surface area contributed by atoms with Crippen molar-refractivity contribution in [2.75, 3.05) is 5.32 Å². The molecule has 0 unspecified atom stereocenters. The van der Waals surface area contributed by atoms with Crippen molar-refractivity contribution >= 4 is 22.8 Å². The van der Waals surface area contributed by atoms with E-state index in [9.17, 15) is 4.79 Å². The summed E-state index contributed by atoms with van der Waals surface area (Å²) < 4.78 is 10.1. The number of para-hydroxylation sites is 3. The van der Waals surface area contributed by atoms with Gasteiger partial charge in [0.1, 0.15) is 17.0 Å². The smallest absolute Gasteiger partial charge is 0.377 e. The summed E-state index contributed by atoms with van der Waals surface area (Å²) in [7, 11) is 0. The normalized spacial score (nSPS) is 14.0. The third kappa shape index (κ3) is 5.05. The van der Waals surface area contributed by atoms with Gasteiger partial charge in [0, 0.05) is 17.7 Å². The summed E-state index contributed by atoms with van der Waals surface area (Å²) in [4.78, 5) is 18.1. The highest BCUT2D eigenvalue weighted by molar-refractivity contribution is 5.91. The van der Waals surface area contributed by atoms with Crippen molar-refractivity contribution < 1.29 is 14.2 Å². The molecule has 2 aromatic heterocycles. The number of fused-ring (bicyclic) bond motifs is 1. The van der Waals surface area contributed by atoms with Gasteiger partial charge in [-0.1, -0.05) is 61.7 Å². The average molecular weight is 507 g/mol. The quantitative estimate of drug-likeness (QED) is 0.254. The van der Waals surface area contributed by atoms with Gasteiger partial charge in [0.2, 0.25) is 5.82 Å². The van der Waals surface area contributed by atoms with Crippen molar-refractivity contribution in [1.29, 1.82) is 0 Å². The molecule has 5 aromatic rings. The molecule has 7 nitrogen and oxygen atoms in total. The number of nitrogens with zero attached hydrogens (tertiary/aromatic N) is 3. The van der Waals surface area contributed by atoms with Crippen molar-refractivity contribution in [3.63, 3.8) is 0 Å². The maximum Gasteiger partial charge on any atom is 0.377 e. The number of hydrogen-bond acceptors (Lipinski definition) is 3. The Morgan fingerprint density at radius 3 is 2.58 bits per heavy atom. The van der Waals surface area contributed by atoms with E-state index in [1.165, 1.54) is 6.42 Å². The minimum absolute atomic E-state index is 0.0681. The molecule has 2 heterocycles. The highest BCUT2D eigenvalue weighted by Crippen LogP contribution is 2.26. The molecule has 7 heteroatoms. The molecule has 38 heavy (non-hydrogen) atoms. The van der Waals surface area contributed by atoms with Crippen LogP contribution in [0.1, 0.15) is 43.4 Å². The first-order chi connectivity index (χ1) is 18.6. The van der Waals surface area contributed by atoms with E-state index < -0.39 is 0 Å². The standard InChI is InChI=1S/C31H31N5O2/c1-22-19-29(33-30(37)24-12-4-2-5-13-24)36(34-22)31-32-27-17-8-9-18-28(27)35(31)21-23-11-10-16-26(20-23)38-25-14-6-3-7-15-25/h3,6-11,14-20,24H,2,4-5,12-13,21H2,1H3,(H,33,34,37)/p+1. The Labute approximate surface area is 222 Å². The minimum atomic E-state index is 0.0681. The Bertz CT molecular complexity index is 1560. The minimum Gasteiger partial charge on any atom is -0.457 e. The number of aromatic amines is 1. The van der Waals surface area contributed by atoms with Gasteiger partial charge < -0.3 is 4.74 Å². The third-order valence-corrected chi connectivity index (χ3v) is 7.16. The van der Waals surface area contributed by atoms with Gasteiger partial charge in [-0.2, -0.15) is 0 Å². The van der Waals surface area contributed by atoms with E-state index in [0.717, 1.165) is 59.5 Å². The summed E-state index contributed by atoms with van der Waals surface area (Å²) in [6.07, 6.45) is 5.36. The molecule has 0 radical (unpaired) electrons. The summed E-state index contributed by atoms with van der Waals surface area (Å²) in [6, 6.07) is 28.0. The molecular formula is C31H32N5O2+. The van der Waals surface area contributed by atoms with E-state index in [4.69, 9.17) is 9.72 Å². The molecule has 192 valence electrons. The Kier molecular flexibility index (Phi) is 6.65. The van der Waals surface area contributed by atoms with Crippen LogP contribution in [0.25, 0.3) is 17.0 Å². The number of nitrogens with one attached hydrogen (secondary N) is 2. The zero-order chi connectivity index (χ0) is 25.9. The fraction of sp³-hybridized carbons (Fsp3) is 0.258. The predicted octanol–water partition coefficient (Wildman–Crippen LogP) is 6.31. The molecular weight excluding hydrogens is 474 g/mol. The van der Waals surface area contributed by atoms with Crippen molar-refractivity contribution in [2.45, 2.75) is 45.6 Å². The van der Waals surface area contributed by atoms with Gasteiger partial charge >= 0.3 is 5.95 Å². The summed E-state index contributed by atoms with van der Waals surface area (Å²) >= 11 is 0. The van der Waals surface area contributed by atoms with Crippen LogP contribution in [0.5, 0.6) is 11.5 Å². The predicted molar refractivity (Wildman–Crippen MR) is 148 cm³/mol. The second-order valence-corrected chi connectivity index (χ2v) is 10.0. The number of hydrogen-bond donors (Lipinski definition) is 2. The van der Waals surface area contributed by atoms with Crippen molar-refractivity contribution in [2.24, 2.45) is 5.92 Å². The lowest BCUT2D eigenvalue weighted by molar-refractivity contribution is -0.650. The molecule has 0 aliphatic heterocycles. The van der Waals surface area contributed by atoms with Crippen LogP contribution in [-0.2, 0) is 11.3 Å². The number of amides is 1. The first-order valence-corrected chi connectivity index (χ1v) is 13.3. The van der Waals surface area contributed by atoms with Crippen LogP contribution in [0.4, 0.5) is 5.82 Å². The Hall–Kier alpha value is -4.39. The largest absolute Gasteiger partial charge is 0.457 e. The van der Waals surface area contributed by atoms with Gasteiger partial charge in [0.25, 0.3) is 5.91 Å². The van der Waals surface area contributed by atoms with E-state index in [1.807, 2.05) is 78.3 Å². The molecule has 0 bridgehead atoms.